The van der Waals surface area contributed by atoms with Gasteiger partial charge in [-0.3, -0.25) is 0 Å². The highest BCUT2D eigenvalue weighted by Gasteiger charge is 2.29. The summed E-state index contributed by atoms with van der Waals surface area (Å²) in [6.07, 6.45) is 16.6. The van der Waals surface area contributed by atoms with Crippen molar-refractivity contribution in [3.8, 4) is 0 Å². The van der Waals surface area contributed by atoms with Crippen LogP contribution in [-0.2, 0) is 0 Å². The monoisotopic (exact) mass is 263 g/mol. The molecule has 1 atom stereocenters. The molecule has 110 valence electrons. The van der Waals surface area contributed by atoms with Crippen LogP contribution in [-0.4, -0.2) is 12.6 Å². The summed E-state index contributed by atoms with van der Waals surface area (Å²) >= 11 is 0. The fourth-order valence-electron chi connectivity index (χ4n) is 3.98. The van der Waals surface area contributed by atoms with E-state index in [1.54, 1.807) is 5.57 Å². The highest BCUT2D eigenvalue weighted by atomic mass is 14.9. The third kappa shape index (κ3) is 4.34. The Labute approximate surface area is 120 Å². The van der Waals surface area contributed by atoms with Crippen LogP contribution >= 0.6 is 0 Å². The smallest absolute Gasteiger partial charge is 0.0307 e. The lowest BCUT2D eigenvalue weighted by Gasteiger charge is -2.36. The Morgan fingerprint density at radius 1 is 1.16 bits per heavy atom. The third-order valence-electron chi connectivity index (χ3n) is 5.28. The second kappa shape index (κ2) is 8.09. The van der Waals surface area contributed by atoms with E-state index >= 15 is 0 Å². The second-order valence-corrected chi connectivity index (χ2v) is 6.65. The van der Waals surface area contributed by atoms with Gasteiger partial charge in [0.25, 0.3) is 0 Å². The molecule has 1 heteroatoms. The summed E-state index contributed by atoms with van der Waals surface area (Å²) in [6, 6.07) is 0.707. The van der Waals surface area contributed by atoms with Gasteiger partial charge in [-0.05, 0) is 63.3 Å². The molecule has 2 rings (SSSR count). The third-order valence-corrected chi connectivity index (χ3v) is 5.28. The molecule has 0 bridgehead atoms. The summed E-state index contributed by atoms with van der Waals surface area (Å²) in [6.45, 7) is 5.84. The highest BCUT2D eigenvalue weighted by Crippen LogP contribution is 2.36. The number of rotatable bonds is 6. The maximum absolute atomic E-state index is 3.87. The van der Waals surface area contributed by atoms with Gasteiger partial charge in [-0.1, -0.05) is 44.8 Å². The van der Waals surface area contributed by atoms with Crippen molar-refractivity contribution < 1.29 is 0 Å². The average Bonchev–Trinajstić information content (AvgIpc) is 2.49. The Balaban J connectivity index is 1.95. The summed E-state index contributed by atoms with van der Waals surface area (Å²) in [7, 11) is 0. The van der Waals surface area contributed by atoms with E-state index in [2.05, 4.69) is 25.2 Å². The number of hydrogen-bond donors (Lipinski definition) is 1. The van der Waals surface area contributed by atoms with Crippen molar-refractivity contribution >= 4 is 0 Å². The van der Waals surface area contributed by atoms with Gasteiger partial charge < -0.3 is 5.32 Å². The van der Waals surface area contributed by atoms with Crippen LogP contribution in [0.1, 0.15) is 78.1 Å². The Kier molecular flexibility index (Phi) is 6.43. The van der Waals surface area contributed by atoms with Gasteiger partial charge in [-0.2, -0.15) is 0 Å². The van der Waals surface area contributed by atoms with Crippen LogP contribution in [0.4, 0.5) is 0 Å². The van der Waals surface area contributed by atoms with Crippen molar-refractivity contribution in [2.24, 2.45) is 11.8 Å². The molecule has 0 aliphatic heterocycles. The van der Waals surface area contributed by atoms with E-state index in [4.69, 9.17) is 0 Å². The fraction of sp³-hybridized carbons (Fsp3) is 0.889. The van der Waals surface area contributed by atoms with Crippen molar-refractivity contribution in [2.75, 3.05) is 6.54 Å². The zero-order valence-corrected chi connectivity index (χ0v) is 13.1. The molecule has 0 amide bonds. The van der Waals surface area contributed by atoms with Crippen LogP contribution in [0.5, 0.6) is 0 Å². The molecule has 0 saturated heterocycles. The van der Waals surface area contributed by atoms with Crippen molar-refractivity contribution in [3.63, 3.8) is 0 Å². The molecule has 0 heterocycles. The summed E-state index contributed by atoms with van der Waals surface area (Å²) < 4.78 is 0. The molecule has 1 fully saturated rings. The van der Waals surface area contributed by atoms with Crippen LogP contribution in [0.3, 0.4) is 0 Å². The van der Waals surface area contributed by atoms with Gasteiger partial charge in [0.05, 0.1) is 0 Å². The van der Waals surface area contributed by atoms with Crippen LogP contribution in [0.25, 0.3) is 0 Å². The van der Waals surface area contributed by atoms with Crippen molar-refractivity contribution in [1.82, 2.24) is 5.32 Å². The molecular formula is C18H33N. The zero-order chi connectivity index (χ0) is 13.5. The van der Waals surface area contributed by atoms with Crippen LogP contribution in [0.2, 0.25) is 0 Å². The summed E-state index contributed by atoms with van der Waals surface area (Å²) in [5.41, 5.74) is 1.75. The Bertz CT molecular complexity index is 273. The number of hydrogen-bond acceptors (Lipinski definition) is 1. The van der Waals surface area contributed by atoms with Gasteiger partial charge in [0.1, 0.15) is 0 Å². The van der Waals surface area contributed by atoms with E-state index in [0.717, 1.165) is 11.8 Å². The molecule has 1 nitrogen and oxygen atoms in total. The predicted octanol–water partition coefficient (Wildman–Crippen LogP) is 5.07. The SMILES string of the molecule is CCCNC(C1=CCCCC1)C1CCC(CC)CC1. The Morgan fingerprint density at radius 2 is 1.95 bits per heavy atom. The fourth-order valence-corrected chi connectivity index (χ4v) is 3.98. The average molecular weight is 263 g/mol. The largest absolute Gasteiger partial charge is 0.310 e. The van der Waals surface area contributed by atoms with Gasteiger partial charge in [-0.25, -0.2) is 0 Å². The predicted molar refractivity (Wildman–Crippen MR) is 84.4 cm³/mol. The van der Waals surface area contributed by atoms with Crippen LogP contribution < -0.4 is 5.32 Å². The van der Waals surface area contributed by atoms with Gasteiger partial charge >= 0.3 is 0 Å². The van der Waals surface area contributed by atoms with E-state index in [1.165, 1.54) is 70.8 Å². The molecule has 2 aliphatic rings. The Morgan fingerprint density at radius 3 is 2.53 bits per heavy atom. The van der Waals surface area contributed by atoms with E-state index in [9.17, 15) is 0 Å². The molecular weight excluding hydrogens is 230 g/mol. The summed E-state index contributed by atoms with van der Waals surface area (Å²) in [5, 5.41) is 3.87. The van der Waals surface area contributed by atoms with Crippen molar-refractivity contribution in [3.05, 3.63) is 11.6 Å². The molecule has 0 spiro atoms. The number of allylic oxidation sites excluding steroid dienone is 1. The molecule has 0 aromatic rings. The molecule has 1 saturated carbocycles. The summed E-state index contributed by atoms with van der Waals surface area (Å²) in [5.74, 6) is 1.93. The highest BCUT2D eigenvalue weighted by molar-refractivity contribution is 5.15. The quantitative estimate of drug-likeness (QED) is 0.660. The van der Waals surface area contributed by atoms with E-state index in [-0.39, 0.29) is 0 Å². The van der Waals surface area contributed by atoms with Gasteiger partial charge in [-0.15, -0.1) is 0 Å². The first-order valence-electron chi connectivity index (χ1n) is 8.77. The normalized spacial score (nSPS) is 29.9. The summed E-state index contributed by atoms with van der Waals surface area (Å²) in [4.78, 5) is 0. The van der Waals surface area contributed by atoms with Crippen molar-refractivity contribution in [1.29, 1.82) is 0 Å². The molecule has 1 N–H and O–H groups in total. The number of nitrogens with one attached hydrogen (secondary N) is 1. The minimum atomic E-state index is 0.707. The van der Waals surface area contributed by atoms with Gasteiger partial charge in [0.2, 0.25) is 0 Å². The first kappa shape index (κ1) is 15.1. The van der Waals surface area contributed by atoms with Gasteiger partial charge in [0, 0.05) is 6.04 Å². The van der Waals surface area contributed by atoms with Crippen LogP contribution in [0, 0.1) is 11.8 Å². The van der Waals surface area contributed by atoms with E-state index in [1.807, 2.05) is 0 Å². The van der Waals surface area contributed by atoms with E-state index in [0.29, 0.717) is 6.04 Å². The van der Waals surface area contributed by atoms with E-state index < -0.39 is 0 Å². The van der Waals surface area contributed by atoms with Gasteiger partial charge in [0.15, 0.2) is 0 Å². The minimum absolute atomic E-state index is 0.707. The lowest BCUT2D eigenvalue weighted by Crippen LogP contribution is -2.40. The molecule has 0 aromatic heterocycles. The second-order valence-electron chi connectivity index (χ2n) is 6.65. The lowest BCUT2D eigenvalue weighted by atomic mass is 9.74. The Hall–Kier alpha value is -0.300. The first-order valence-corrected chi connectivity index (χ1v) is 8.77. The molecule has 1 unspecified atom stereocenters. The first-order chi connectivity index (χ1) is 9.35. The molecule has 0 radical (unpaired) electrons. The standard InChI is InChI=1S/C18H33N/c1-3-14-19-18(16-8-6-5-7-9-16)17-12-10-15(4-2)11-13-17/h8,15,17-19H,3-7,9-14H2,1-2H3. The minimum Gasteiger partial charge on any atom is -0.310 e. The maximum Gasteiger partial charge on any atom is 0.0307 e. The van der Waals surface area contributed by atoms with Crippen molar-refractivity contribution in [2.45, 2.75) is 84.1 Å². The van der Waals surface area contributed by atoms with Crippen LogP contribution in [0.15, 0.2) is 11.6 Å². The zero-order valence-electron chi connectivity index (χ0n) is 13.1. The lowest BCUT2D eigenvalue weighted by molar-refractivity contribution is 0.229. The molecule has 2 aliphatic carbocycles. The topological polar surface area (TPSA) is 12.0 Å². The maximum atomic E-state index is 3.87. The molecule has 0 aromatic carbocycles. The molecule has 19 heavy (non-hydrogen) atoms.